The fraction of sp³-hybridized carbons (Fsp3) is 0.111. The number of halogens is 1. The Hall–Kier alpha value is -0.380. The molecule has 1 aromatic carbocycles. The summed E-state index contributed by atoms with van der Waals surface area (Å²) in [5, 5.41) is 10.1. The van der Waals surface area contributed by atoms with Crippen molar-refractivity contribution in [3.05, 3.63) is 33.6 Å². The molecule has 1 aromatic heterocycles. The lowest BCUT2D eigenvalue weighted by Crippen LogP contribution is -1.69. The van der Waals surface area contributed by atoms with Gasteiger partial charge in [0.1, 0.15) is 0 Å². The molecule has 2 aromatic rings. The van der Waals surface area contributed by atoms with Crippen LogP contribution in [0, 0.1) is 0 Å². The van der Waals surface area contributed by atoms with Gasteiger partial charge in [0.2, 0.25) is 0 Å². The topological polar surface area (TPSA) is 20.2 Å². The van der Waals surface area contributed by atoms with Crippen LogP contribution in [0.5, 0.6) is 0 Å². The van der Waals surface area contributed by atoms with Crippen molar-refractivity contribution in [3.8, 4) is 0 Å². The smallest absolute Gasteiger partial charge is 0.0774 e. The number of aliphatic hydroxyl groups excluding tert-OH is 1. The van der Waals surface area contributed by atoms with Crippen LogP contribution in [0.2, 0.25) is 0 Å². The molecular weight excluding hydrogens is 236 g/mol. The van der Waals surface area contributed by atoms with E-state index >= 15 is 0 Å². The summed E-state index contributed by atoms with van der Waals surface area (Å²) in [4.78, 5) is 1.01. The Morgan fingerprint density at radius 1 is 1.42 bits per heavy atom. The number of fused-ring (bicyclic) bond motifs is 1. The Balaban J connectivity index is 2.74. The maximum Gasteiger partial charge on any atom is 0.0774 e. The van der Waals surface area contributed by atoms with Crippen LogP contribution in [0.3, 0.4) is 0 Å². The molecule has 3 heteroatoms. The highest BCUT2D eigenvalue weighted by Gasteiger charge is 2.02. The quantitative estimate of drug-likeness (QED) is 0.815. The molecule has 0 bridgehead atoms. The predicted octanol–water partition coefficient (Wildman–Crippen LogP) is 3.16. The minimum Gasteiger partial charge on any atom is -0.391 e. The van der Waals surface area contributed by atoms with E-state index in [9.17, 15) is 0 Å². The van der Waals surface area contributed by atoms with Crippen molar-refractivity contribution < 1.29 is 5.11 Å². The fourth-order valence-corrected chi connectivity index (χ4v) is 2.71. The molecule has 12 heavy (non-hydrogen) atoms. The standard InChI is InChI=1S/C9H7BrOS/c10-8-3-1-2-6-4-7(5-11)12-9(6)8/h1-4,11H,5H2. The first-order valence-electron chi connectivity index (χ1n) is 3.59. The average molecular weight is 243 g/mol. The molecule has 62 valence electrons. The number of hydrogen-bond donors (Lipinski definition) is 1. The second kappa shape index (κ2) is 3.17. The molecule has 1 nitrogen and oxygen atoms in total. The summed E-state index contributed by atoms with van der Waals surface area (Å²) >= 11 is 5.10. The molecule has 0 aliphatic rings. The van der Waals surface area contributed by atoms with Crippen LogP contribution >= 0.6 is 27.3 Å². The van der Waals surface area contributed by atoms with E-state index in [4.69, 9.17) is 5.11 Å². The van der Waals surface area contributed by atoms with Crippen molar-refractivity contribution in [1.29, 1.82) is 0 Å². The lowest BCUT2D eigenvalue weighted by molar-refractivity contribution is 0.285. The van der Waals surface area contributed by atoms with Crippen molar-refractivity contribution in [3.63, 3.8) is 0 Å². The number of hydrogen-bond acceptors (Lipinski definition) is 2. The molecule has 0 aliphatic carbocycles. The molecule has 2 rings (SSSR count). The highest BCUT2D eigenvalue weighted by molar-refractivity contribution is 9.10. The van der Waals surface area contributed by atoms with E-state index < -0.39 is 0 Å². The molecule has 1 N–H and O–H groups in total. The van der Waals surface area contributed by atoms with E-state index in [0.29, 0.717) is 0 Å². The molecule has 1 heterocycles. The van der Waals surface area contributed by atoms with Gasteiger partial charge in [0.15, 0.2) is 0 Å². The molecule has 0 saturated heterocycles. The van der Waals surface area contributed by atoms with Gasteiger partial charge < -0.3 is 5.11 Å². The molecule has 0 amide bonds. The van der Waals surface area contributed by atoms with Crippen LogP contribution < -0.4 is 0 Å². The third-order valence-electron chi connectivity index (χ3n) is 1.70. The summed E-state index contributed by atoms with van der Waals surface area (Å²) in [6.07, 6.45) is 0. The van der Waals surface area contributed by atoms with Gasteiger partial charge in [-0.1, -0.05) is 12.1 Å². The maximum absolute atomic E-state index is 8.92. The summed E-state index contributed by atoms with van der Waals surface area (Å²) in [6.45, 7) is 0.131. The van der Waals surface area contributed by atoms with Crippen molar-refractivity contribution in [2.75, 3.05) is 0 Å². The summed E-state index contributed by atoms with van der Waals surface area (Å²) < 4.78 is 2.31. The summed E-state index contributed by atoms with van der Waals surface area (Å²) in [6, 6.07) is 8.08. The van der Waals surface area contributed by atoms with Crippen LogP contribution in [0.1, 0.15) is 4.88 Å². The summed E-state index contributed by atoms with van der Waals surface area (Å²) in [5.74, 6) is 0. The van der Waals surface area contributed by atoms with Crippen molar-refractivity contribution in [2.24, 2.45) is 0 Å². The first kappa shape index (κ1) is 8.23. The fourth-order valence-electron chi connectivity index (χ4n) is 1.16. The second-order valence-electron chi connectivity index (χ2n) is 2.53. The van der Waals surface area contributed by atoms with Gasteiger partial charge >= 0.3 is 0 Å². The van der Waals surface area contributed by atoms with Crippen molar-refractivity contribution in [2.45, 2.75) is 6.61 Å². The van der Waals surface area contributed by atoms with E-state index in [1.165, 1.54) is 10.1 Å². The second-order valence-corrected chi connectivity index (χ2v) is 4.52. The van der Waals surface area contributed by atoms with Crippen molar-refractivity contribution >= 4 is 37.4 Å². The van der Waals surface area contributed by atoms with Crippen LogP contribution in [-0.2, 0) is 6.61 Å². The molecule has 0 fully saturated rings. The molecule has 0 atom stereocenters. The van der Waals surface area contributed by atoms with Gasteiger partial charge in [-0.2, -0.15) is 0 Å². The third kappa shape index (κ3) is 1.28. The van der Waals surface area contributed by atoms with Crippen LogP contribution in [0.25, 0.3) is 10.1 Å². The van der Waals surface area contributed by atoms with Gasteiger partial charge in [-0.05, 0) is 33.4 Å². The monoisotopic (exact) mass is 242 g/mol. The third-order valence-corrected chi connectivity index (χ3v) is 3.80. The zero-order valence-corrected chi connectivity index (χ0v) is 8.65. The Morgan fingerprint density at radius 3 is 2.92 bits per heavy atom. The van der Waals surface area contributed by atoms with Crippen LogP contribution in [0.15, 0.2) is 28.7 Å². The van der Waals surface area contributed by atoms with E-state index in [0.717, 1.165) is 9.35 Å². The molecule has 0 spiro atoms. The molecule has 0 aliphatic heterocycles. The van der Waals surface area contributed by atoms with Gasteiger partial charge in [-0.3, -0.25) is 0 Å². The lowest BCUT2D eigenvalue weighted by atomic mass is 10.2. The first-order chi connectivity index (χ1) is 5.81. The van der Waals surface area contributed by atoms with Crippen molar-refractivity contribution in [1.82, 2.24) is 0 Å². The number of thiophene rings is 1. The minimum absolute atomic E-state index is 0.131. The normalized spacial score (nSPS) is 10.8. The van der Waals surface area contributed by atoms with Gasteiger partial charge in [0, 0.05) is 14.0 Å². The van der Waals surface area contributed by atoms with E-state index in [-0.39, 0.29) is 6.61 Å². The highest BCUT2D eigenvalue weighted by Crippen LogP contribution is 2.31. The molecular formula is C9H7BrOS. The van der Waals surface area contributed by atoms with Crippen LogP contribution in [-0.4, -0.2) is 5.11 Å². The Kier molecular flexibility index (Phi) is 2.17. The highest BCUT2D eigenvalue weighted by atomic mass is 79.9. The van der Waals surface area contributed by atoms with E-state index in [2.05, 4.69) is 22.0 Å². The zero-order valence-electron chi connectivity index (χ0n) is 6.25. The van der Waals surface area contributed by atoms with E-state index in [1.807, 2.05) is 18.2 Å². The van der Waals surface area contributed by atoms with Gasteiger partial charge in [0.05, 0.1) is 6.61 Å². The summed E-state index contributed by atoms with van der Waals surface area (Å²) in [5.41, 5.74) is 0. The number of benzene rings is 1. The molecule has 0 radical (unpaired) electrons. The largest absolute Gasteiger partial charge is 0.391 e. The minimum atomic E-state index is 0.131. The average Bonchev–Trinajstić information content (AvgIpc) is 2.49. The molecule has 0 unspecified atom stereocenters. The predicted molar refractivity (Wildman–Crippen MR) is 55.4 cm³/mol. The van der Waals surface area contributed by atoms with Gasteiger partial charge in [-0.15, -0.1) is 11.3 Å². The first-order valence-corrected chi connectivity index (χ1v) is 5.20. The Bertz CT molecular complexity index is 408. The zero-order chi connectivity index (χ0) is 8.55. The SMILES string of the molecule is OCc1cc2cccc(Br)c2s1. The maximum atomic E-state index is 8.92. The number of rotatable bonds is 1. The summed E-state index contributed by atoms with van der Waals surface area (Å²) in [7, 11) is 0. The molecule has 0 saturated carbocycles. The Labute approximate surface area is 82.8 Å². The van der Waals surface area contributed by atoms with Crippen LogP contribution in [0.4, 0.5) is 0 Å². The Morgan fingerprint density at radius 2 is 2.25 bits per heavy atom. The van der Waals surface area contributed by atoms with E-state index in [1.54, 1.807) is 11.3 Å². The number of aliphatic hydroxyl groups is 1. The lowest BCUT2D eigenvalue weighted by Gasteiger charge is -1.89. The van der Waals surface area contributed by atoms with Gasteiger partial charge in [-0.25, -0.2) is 0 Å². The van der Waals surface area contributed by atoms with Gasteiger partial charge in [0.25, 0.3) is 0 Å².